The van der Waals surface area contributed by atoms with Crippen LogP contribution in [0.25, 0.3) is 0 Å². The first kappa shape index (κ1) is 7.10. The molecule has 0 saturated carbocycles. The number of hydrogen-bond acceptors (Lipinski definition) is 1. The molecule has 0 aromatic heterocycles. The zero-order valence-electron chi connectivity index (χ0n) is 5.39. The zero-order chi connectivity index (χ0) is 5.40. The lowest BCUT2D eigenvalue weighted by Crippen LogP contribution is -2.08. The van der Waals surface area contributed by atoms with E-state index in [1.807, 2.05) is 0 Å². The molecule has 0 aromatic rings. The lowest BCUT2D eigenvalue weighted by atomic mass is 10.1. The van der Waals surface area contributed by atoms with Crippen LogP contribution in [0, 0.1) is 5.92 Å². The summed E-state index contributed by atoms with van der Waals surface area (Å²) in [5, 5.41) is 3.36. The van der Waals surface area contributed by atoms with Gasteiger partial charge in [0.25, 0.3) is 0 Å². The largest absolute Gasteiger partial charge is 0.312 e. The fraction of sp³-hybridized carbons (Fsp3) is 0.714. The molecule has 9 heavy (non-hydrogen) atoms. The second-order valence-electron chi connectivity index (χ2n) is 2.68. The summed E-state index contributed by atoms with van der Waals surface area (Å²) in [5.41, 5.74) is 1.67. The van der Waals surface area contributed by atoms with E-state index in [-0.39, 0.29) is 12.4 Å². The third-order valence-electron chi connectivity index (χ3n) is 2.17. The van der Waals surface area contributed by atoms with Gasteiger partial charge in [0, 0.05) is 13.1 Å². The fourth-order valence-electron chi connectivity index (χ4n) is 1.66. The highest BCUT2D eigenvalue weighted by Crippen LogP contribution is 2.27. The Morgan fingerprint density at radius 3 is 3.22 bits per heavy atom. The van der Waals surface area contributed by atoms with E-state index in [9.17, 15) is 0 Å². The number of hydrogen-bond donors (Lipinski definition) is 1. The van der Waals surface area contributed by atoms with Gasteiger partial charge in [-0.15, -0.1) is 12.4 Å². The first-order valence-electron chi connectivity index (χ1n) is 3.36. The molecule has 52 valence electrons. The van der Waals surface area contributed by atoms with Crippen molar-refractivity contribution >= 4 is 12.4 Å². The molecule has 0 spiro atoms. The van der Waals surface area contributed by atoms with Crippen LogP contribution in [0.5, 0.6) is 0 Å². The monoisotopic (exact) mass is 145 g/mol. The molecule has 1 saturated heterocycles. The molecule has 0 amide bonds. The maximum absolute atomic E-state index is 3.36. The van der Waals surface area contributed by atoms with Gasteiger partial charge in [-0.05, 0) is 18.8 Å². The Bertz CT molecular complexity index is 131. The second kappa shape index (κ2) is 2.72. The first-order chi connectivity index (χ1) is 3.97. The van der Waals surface area contributed by atoms with Crippen LogP contribution >= 0.6 is 12.4 Å². The topological polar surface area (TPSA) is 12.0 Å². The van der Waals surface area contributed by atoms with Crippen molar-refractivity contribution in [2.24, 2.45) is 5.92 Å². The minimum atomic E-state index is 0. The lowest BCUT2D eigenvalue weighted by Gasteiger charge is -1.97. The minimum absolute atomic E-state index is 0. The van der Waals surface area contributed by atoms with Gasteiger partial charge >= 0.3 is 0 Å². The minimum Gasteiger partial charge on any atom is -0.312 e. The van der Waals surface area contributed by atoms with Crippen LogP contribution in [0.2, 0.25) is 0 Å². The summed E-state index contributed by atoms with van der Waals surface area (Å²) >= 11 is 0. The summed E-state index contributed by atoms with van der Waals surface area (Å²) in [6.07, 6.45) is 5.13. The smallest absolute Gasteiger partial charge is 0.0168 e. The highest BCUT2D eigenvalue weighted by atomic mass is 35.5. The number of halogens is 1. The van der Waals surface area contributed by atoms with Gasteiger partial charge in [0.1, 0.15) is 0 Å². The molecule has 1 atom stereocenters. The summed E-state index contributed by atoms with van der Waals surface area (Å²) in [7, 11) is 0. The number of fused-ring (bicyclic) bond motifs is 1. The molecule has 0 bridgehead atoms. The van der Waals surface area contributed by atoms with Crippen LogP contribution in [0.4, 0.5) is 0 Å². The molecule has 2 heteroatoms. The standard InChI is InChI=1S/C7H11N.ClH/c1-2-6-4-8-5-7(6)3-1;/h2,7-8H,1,3-5H2;1H. The van der Waals surface area contributed by atoms with Crippen molar-refractivity contribution in [3.63, 3.8) is 0 Å². The van der Waals surface area contributed by atoms with Crippen LogP contribution in [0.3, 0.4) is 0 Å². The summed E-state index contributed by atoms with van der Waals surface area (Å²) < 4.78 is 0. The summed E-state index contributed by atoms with van der Waals surface area (Å²) in [4.78, 5) is 0. The van der Waals surface area contributed by atoms with Crippen molar-refractivity contribution in [3.05, 3.63) is 11.6 Å². The zero-order valence-corrected chi connectivity index (χ0v) is 6.21. The van der Waals surface area contributed by atoms with E-state index in [0.29, 0.717) is 0 Å². The van der Waals surface area contributed by atoms with E-state index in [1.165, 1.54) is 25.9 Å². The quantitative estimate of drug-likeness (QED) is 0.508. The fourth-order valence-corrected chi connectivity index (χ4v) is 1.66. The molecule has 0 radical (unpaired) electrons. The Hall–Kier alpha value is -0.0100. The average molecular weight is 146 g/mol. The van der Waals surface area contributed by atoms with E-state index in [2.05, 4.69) is 11.4 Å². The van der Waals surface area contributed by atoms with E-state index in [1.54, 1.807) is 5.57 Å². The third kappa shape index (κ3) is 1.12. The lowest BCUT2D eigenvalue weighted by molar-refractivity contribution is 0.632. The van der Waals surface area contributed by atoms with E-state index in [0.717, 1.165) is 5.92 Å². The maximum atomic E-state index is 3.36. The van der Waals surface area contributed by atoms with Crippen LogP contribution in [0.1, 0.15) is 12.8 Å². The van der Waals surface area contributed by atoms with Gasteiger partial charge in [-0.1, -0.05) is 11.6 Å². The van der Waals surface area contributed by atoms with Gasteiger partial charge < -0.3 is 5.32 Å². The Morgan fingerprint density at radius 2 is 2.44 bits per heavy atom. The molecule has 1 aliphatic heterocycles. The van der Waals surface area contributed by atoms with E-state index < -0.39 is 0 Å². The predicted octanol–water partition coefficient (Wildman–Crippen LogP) is 1.35. The third-order valence-corrected chi connectivity index (χ3v) is 2.17. The molecular weight excluding hydrogens is 134 g/mol. The molecule has 1 nitrogen and oxygen atoms in total. The average Bonchev–Trinajstić information content (AvgIpc) is 2.15. The Labute approximate surface area is 61.9 Å². The molecule has 2 aliphatic rings. The molecule has 0 aromatic carbocycles. The van der Waals surface area contributed by atoms with Crippen molar-refractivity contribution in [1.29, 1.82) is 0 Å². The van der Waals surface area contributed by atoms with Crippen molar-refractivity contribution in [3.8, 4) is 0 Å². The second-order valence-corrected chi connectivity index (χ2v) is 2.68. The van der Waals surface area contributed by atoms with Gasteiger partial charge in [-0.3, -0.25) is 0 Å². The highest BCUT2D eigenvalue weighted by molar-refractivity contribution is 5.85. The van der Waals surface area contributed by atoms with Crippen molar-refractivity contribution in [1.82, 2.24) is 5.32 Å². The Balaban J connectivity index is 0.000000405. The van der Waals surface area contributed by atoms with Crippen LogP contribution < -0.4 is 5.32 Å². The molecular formula is C7H12ClN. The SMILES string of the molecule is C1=C2CNCC2CC1.Cl. The van der Waals surface area contributed by atoms with Crippen molar-refractivity contribution in [2.45, 2.75) is 12.8 Å². The normalized spacial score (nSPS) is 31.1. The molecule has 2 rings (SSSR count). The maximum Gasteiger partial charge on any atom is 0.0168 e. The van der Waals surface area contributed by atoms with Crippen LogP contribution in [0.15, 0.2) is 11.6 Å². The summed E-state index contributed by atoms with van der Waals surface area (Å²) in [6.45, 7) is 2.41. The molecule has 1 fully saturated rings. The molecule has 1 heterocycles. The predicted molar refractivity (Wildman–Crippen MR) is 40.9 cm³/mol. The number of allylic oxidation sites excluding steroid dienone is 1. The number of rotatable bonds is 0. The Kier molecular flexibility index (Phi) is 2.14. The van der Waals surface area contributed by atoms with Crippen molar-refractivity contribution in [2.75, 3.05) is 13.1 Å². The summed E-state index contributed by atoms with van der Waals surface area (Å²) in [5.74, 6) is 0.926. The van der Waals surface area contributed by atoms with Crippen molar-refractivity contribution < 1.29 is 0 Å². The van der Waals surface area contributed by atoms with E-state index >= 15 is 0 Å². The number of nitrogens with one attached hydrogen (secondary N) is 1. The van der Waals surface area contributed by atoms with Gasteiger partial charge in [0.05, 0.1) is 0 Å². The van der Waals surface area contributed by atoms with E-state index in [4.69, 9.17) is 0 Å². The van der Waals surface area contributed by atoms with Gasteiger partial charge in [0.2, 0.25) is 0 Å². The first-order valence-corrected chi connectivity index (χ1v) is 3.36. The highest BCUT2D eigenvalue weighted by Gasteiger charge is 2.22. The van der Waals surface area contributed by atoms with Gasteiger partial charge in [0.15, 0.2) is 0 Å². The Morgan fingerprint density at radius 1 is 1.56 bits per heavy atom. The molecule has 1 N–H and O–H groups in total. The van der Waals surface area contributed by atoms with Crippen LogP contribution in [-0.4, -0.2) is 13.1 Å². The van der Waals surface area contributed by atoms with Gasteiger partial charge in [-0.2, -0.15) is 0 Å². The molecule has 1 unspecified atom stereocenters. The molecule has 1 aliphatic carbocycles. The summed E-state index contributed by atoms with van der Waals surface area (Å²) in [6, 6.07) is 0. The van der Waals surface area contributed by atoms with Gasteiger partial charge in [-0.25, -0.2) is 0 Å². The van der Waals surface area contributed by atoms with Crippen LogP contribution in [-0.2, 0) is 0 Å².